The van der Waals surface area contributed by atoms with Gasteiger partial charge in [0.05, 0.1) is 4.92 Å². The maximum atomic E-state index is 13.7. The molecule has 6 nitrogen and oxygen atoms in total. The number of nitro benzene ring substituents is 1. The van der Waals surface area contributed by atoms with E-state index >= 15 is 0 Å². The van der Waals surface area contributed by atoms with Gasteiger partial charge >= 0.3 is 11.7 Å². The average Bonchev–Trinajstić information content (AvgIpc) is 2.87. The molecule has 0 aromatic heterocycles. The third-order valence-corrected chi connectivity index (χ3v) is 3.57. The van der Waals surface area contributed by atoms with Crippen molar-refractivity contribution < 1.29 is 23.6 Å². The van der Waals surface area contributed by atoms with Crippen molar-refractivity contribution in [2.75, 3.05) is 11.4 Å². The summed E-state index contributed by atoms with van der Waals surface area (Å²) in [7, 11) is 0. The van der Waals surface area contributed by atoms with E-state index in [1.54, 1.807) is 0 Å². The first-order valence-corrected chi connectivity index (χ1v) is 6.52. The monoisotopic (exact) mass is 300 g/mol. The molecule has 0 spiro atoms. The fraction of sp³-hybridized carbons (Fsp3) is 0.462. The molecule has 1 aliphatic rings. The second-order valence-corrected chi connectivity index (χ2v) is 4.97. The van der Waals surface area contributed by atoms with E-state index in [9.17, 15) is 23.7 Å². The van der Waals surface area contributed by atoms with Crippen LogP contribution in [0.5, 0.6) is 0 Å². The summed E-state index contributed by atoms with van der Waals surface area (Å²) in [6, 6.07) is 0.985. The normalized spacial score (nSPS) is 15.1. The van der Waals surface area contributed by atoms with Crippen LogP contribution in [0.1, 0.15) is 25.7 Å². The van der Waals surface area contributed by atoms with Crippen LogP contribution in [0.25, 0.3) is 0 Å². The molecule has 1 N–H and O–H groups in total. The van der Waals surface area contributed by atoms with E-state index in [-0.39, 0.29) is 11.7 Å². The lowest BCUT2D eigenvalue weighted by Gasteiger charge is -2.29. The van der Waals surface area contributed by atoms with E-state index in [1.165, 1.54) is 4.90 Å². The lowest BCUT2D eigenvalue weighted by Crippen LogP contribution is -2.38. The van der Waals surface area contributed by atoms with E-state index < -0.39 is 34.8 Å². The molecular weight excluding hydrogens is 286 g/mol. The molecule has 1 aromatic rings. The standard InChI is InChI=1S/C13H14F2N2O4/c14-8-5-10(15)13(17(20)21)11(6-8)16(7-12(18)19)9-3-1-2-4-9/h5-6,9H,1-4,7H2,(H,18,19). The van der Waals surface area contributed by atoms with Crippen LogP contribution in [-0.2, 0) is 4.79 Å². The topological polar surface area (TPSA) is 83.7 Å². The number of nitrogens with zero attached hydrogens (tertiary/aromatic N) is 2. The highest BCUT2D eigenvalue weighted by molar-refractivity contribution is 5.76. The smallest absolute Gasteiger partial charge is 0.328 e. The first-order valence-electron chi connectivity index (χ1n) is 6.52. The zero-order chi connectivity index (χ0) is 15.6. The van der Waals surface area contributed by atoms with Gasteiger partial charge in [0.1, 0.15) is 18.0 Å². The number of anilines is 1. The van der Waals surface area contributed by atoms with Crippen LogP contribution in [0.4, 0.5) is 20.2 Å². The number of hydrogen-bond acceptors (Lipinski definition) is 4. The van der Waals surface area contributed by atoms with Gasteiger partial charge in [-0.05, 0) is 12.8 Å². The third-order valence-electron chi connectivity index (χ3n) is 3.57. The van der Waals surface area contributed by atoms with E-state index in [0.29, 0.717) is 18.9 Å². The van der Waals surface area contributed by atoms with Gasteiger partial charge in [0, 0.05) is 18.2 Å². The van der Waals surface area contributed by atoms with Crippen molar-refractivity contribution in [3.63, 3.8) is 0 Å². The Hall–Kier alpha value is -2.25. The molecule has 1 aliphatic carbocycles. The Morgan fingerprint density at radius 2 is 2.00 bits per heavy atom. The zero-order valence-electron chi connectivity index (χ0n) is 11.1. The van der Waals surface area contributed by atoms with Crippen LogP contribution in [0.15, 0.2) is 12.1 Å². The van der Waals surface area contributed by atoms with Crippen LogP contribution in [0, 0.1) is 21.7 Å². The van der Waals surface area contributed by atoms with Crippen molar-refractivity contribution in [2.24, 2.45) is 0 Å². The highest BCUT2D eigenvalue weighted by Gasteiger charge is 2.32. The number of nitro groups is 1. The van der Waals surface area contributed by atoms with Crippen LogP contribution in [0.3, 0.4) is 0 Å². The molecule has 1 fully saturated rings. The van der Waals surface area contributed by atoms with Crippen LogP contribution in [0.2, 0.25) is 0 Å². The predicted molar refractivity (Wildman–Crippen MR) is 70.3 cm³/mol. The lowest BCUT2D eigenvalue weighted by atomic mass is 10.1. The largest absolute Gasteiger partial charge is 0.480 e. The maximum Gasteiger partial charge on any atom is 0.328 e. The molecule has 0 saturated heterocycles. The molecule has 0 radical (unpaired) electrons. The number of benzene rings is 1. The number of carbonyl (C=O) groups is 1. The molecule has 0 amide bonds. The number of hydrogen-bond donors (Lipinski definition) is 1. The van der Waals surface area contributed by atoms with E-state index in [2.05, 4.69) is 0 Å². The molecule has 21 heavy (non-hydrogen) atoms. The van der Waals surface area contributed by atoms with Gasteiger partial charge in [0.2, 0.25) is 5.82 Å². The SMILES string of the molecule is O=C(O)CN(c1cc(F)cc(F)c1[N+](=O)[O-])C1CCCC1. The minimum atomic E-state index is -1.30. The van der Waals surface area contributed by atoms with E-state index in [0.717, 1.165) is 18.9 Å². The molecule has 0 unspecified atom stereocenters. The van der Waals surface area contributed by atoms with Crippen molar-refractivity contribution in [1.82, 2.24) is 0 Å². The molecule has 1 aromatic carbocycles. The number of aliphatic carboxylic acids is 1. The highest BCUT2D eigenvalue weighted by atomic mass is 19.1. The van der Waals surface area contributed by atoms with E-state index in [1.807, 2.05) is 0 Å². The number of rotatable bonds is 5. The van der Waals surface area contributed by atoms with Gasteiger partial charge in [0.25, 0.3) is 0 Å². The minimum absolute atomic E-state index is 0.263. The first-order chi connectivity index (χ1) is 9.90. The summed E-state index contributed by atoms with van der Waals surface area (Å²) in [4.78, 5) is 22.3. The summed E-state index contributed by atoms with van der Waals surface area (Å²) in [6.45, 7) is -0.533. The molecular formula is C13H14F2N2O4. The zero-order valence-corrected chi connectivity index (χ0v) is 11.1. The fourth-order valence-corrected chi connectivity index (χ4v) is 2.72. The van der Waals surface area contributed by atoms with E-state index in [4.69, 9.17) is 5.11 Å². The van der Waals surface area contributed by atoms with Gasteiger partial charge in [-0.3, -0.25) is 14.9 Å². The van der Waals surface area contributed by atoms with Crippen molar-refractivity contribution in [1.29, 1.82) is 0 Å². The molecule has 1 saturated carbocycles. The fourth-order valence-electron chi connectivity index (χ4n) is 2.72. The summed E-state index contributed by atoms with van der Waals surface area (Å²) < 4.78 is 27.1. The predicted octanol–water partition coefficient (Wildman–Crippen LogP) is 2.71. The lowest BCUT2D eigenvalue weighted by molar-refractivity contribution is -0.386. The second-order valence-electron chi connectivity index (χ2n) is 4.97. The summed E-state index contributed by atoms with van der Waals surface area (Å²) in [5, 5.41) is 20.0. The van der Waals surface area contributed by atoms with Gasteiger partial charge in [-0.15, -0.1) is 0 Å². The molecule has 0 heterocycles. The Balaban J connectivity index is 2.52. The Kier molecular flexibility index (Phi) is 4.35. The third kappa shape index (κ3) is 3.26. The Morgan fingerprint density at radius 1 is 1.38 bits per heavy atom. The van der Waals surface area contributed by atoms with Crippen LogP contribution in [-0.4, -0.2) is 28.6 Å². The van der Waals surface area contributed by atoms with Crippen molar-refractivity contribution >= 4 is 17.3 Å². The van der Waals surface area contributed by atoms with Crippen molar-refractivity contribution in [3.8, 4) is 0 Å². The summed E-state index contributed by atoms with van der Waals surface area (Å²) in [5.41, 5.74) is -1.20. The molecule has 0 aliphatic heterocycles. The number of halogens is 2. The Bertz CT molecular complexity index is 574. The maximum absolute atomic E-state index is 13.7. The van der Waals surface area contributed by atoms with Gasteiger partial charge in [0.15, 0.2) is 0 Å². The first kappa shape index (κ1) is 15.1. The second kappa shape index (κ2) is 6.02. The molecule has 2 rings (SSSR count). The summed E-state index contributed by atoms with van der Waals surface area (Å²) >= 11 is 0. The van der Waals surface area contributed by atoms with Gasteiger partial charge < -0.3 is 10.0 Å². The average molecular weight is 300 g/mol. The molecule has 8 heteroatoms. The molecule has 0 atom stereocenters. The van der Waals surface area contributed by atoms with Crippen LogP contribution >= 0.6 is 0 Å². The van der Waals surface area contributed by atoms with Crippen molar-refractivity contribution in [3.05, 3.63) is 33.9 Å². The van der Waals surface area contributed by atoms with Gasteiger partial charge in [-0.25, -0.2) is 4.39 Å². The highest BCUT2D eigenvalue weighted by Crippen LogP contribution is 2.36. The Labute approximate surface area is 119 Å². The van der Waals surface area contributed by atoms with Crippen molar-refractivity contribution in [2.45, 2.75) is 31.7 Å². The molecule has 0 bridgehead atoms. The minimum Gasteiger partial charge on any atom is -0.480 e. The number of carboxylic acids is 1. The van der Waals surface area contributed by atoms with Gasteiger partial charge in [-0.1, -0.05) is 12.8 Å². The molecule has 114 valence electrons. The van der Waals surface area contributed by atoms with Crippen LogP contribution < -0.4 is 4.90 Å². The Morgan fingerprint density at radius 3 is 2.52 bits per heavy atom. The quantitative estimate of drug-likeness (QED) is 0.667. The number of carboxylic acid groups (broad SMARTS) is 1. The summed E-state index contributed by atoms with van der Waals surface area (Å²) in [6.07, 6.45) is 2.99. The summed E-state index contributed by atoms with van der Waals surface area (Å²) in [5.74, 6) is -3.48. The van der Waals surface area contributed by atoms with Gasteiger partial charge in [-0.2, -0.15) is 4.39 Å².